The van der Waals surface area contributed by atoms with Crippen molar-refractivity contribution in [3.8, 4) is 16.9 Å². The fourth-order valence-electron chi connectivity index (χ4n) is 5.54. The molecule has 2 saturated heterocycles. The van der Waals surface area contributed by atoms with E-state index in [0.717, 1.165) is 22.3 Å². The fourth-order valence-corrected chi connectivity index (χ4v) is 5.54. The highest BCUT2D eigenvalue weighted by Gasteiger charge is 2.42. The van der Waals surface area contributed by atoms with E-state index in [1.807, 2.05) is 44.3 Å². The quantitative estimate of drug-likeness (QED) is 0.308. The Hall–Kier alpha value is -4.71. The Labute approximate surface area is 236 Å². The van der Waals surface area contributed by atoms with Gasteiger partial charge in [0.05, 0.1) is 42.6 Å². The van der Waals surface area contributed by atoms with E-state index in [9.17, 15) is 14.7 Å². The van der Waals surface area contributed by atoms with Crippen LogP contribution in [0.15, 0.2) is 55.0 Å². The number of anilines is 2. The number of nitrogens with one attached hydrogen (secondary N) is 2. The minimum absolute atomic E-state index is 0.144. The Morgan fingerprint density at radius 3 is 2.59 bits per heavy atom. The Balaban J connectivity index is 1.21. The number of ether oxygens (including phenoxy) is 2. The number of aromatic nitrogens is 4. The number of morpholine rings is 1. The van der Waals surface area contributed by atoms with E-state index in [0.29, 0.717) is 55.5 Å². The number of carbonyl (C=O) groups excluding carboxylic acids is 1. The van der Waals surface area contributed by atoms with Gasteiger partial charge in [-0.05, 0) is 49.7 Å². The summed E-state index contributed by atoms with van der Waals surface area (Å²) in [5.74, 6) is 1.68. The largest absolute Gasteiger partial charge is 0.488 e. The van der Waals surface area contributed by atoms with Crippen molar-refractivity contribution < 1.29 is 24.2 Å². The molecule has 4 aromatic rings. The SMILES string of the molecule is CCNC(=O)c1ccc(Nc2cc3cc(-c4cc(C)ncc4OC4CC5COCC(C4)N5C(=O)O)ccn3n2)nc1. The van der Waals surface area contributed by atoms with E-state index in [2.05, 4.69) is 25.7 Å². The van der Waals surface area contributed by atoms with E-state index in [-0.39, 0.29) is 24.1 Å². The summed E-state index contributed by atoms with van der Waals surface area (Å²) in [5, 5.41) is 20.2. The minimum atomic E-state index is -0.908. The molecule has 0 aromatic carbocycles. The minimum Gasteiger partial charge on any atom is -0.488 e. The van der Waals surface area contributed by atoms with Gasteiger partial charge in [-0.2, -0.15) is 5.10 Å². The van der Waals surface area contributed by atoms with Gasteiger partial charge in [0.25, 0.3) is 5.91 Å². The average molecular weight is 558 g/mol. The first-order chi connectivity index (χ1) is 19.9. The van der Waals surface area contributed by atoms with Crippen molar-refractivity contribution in [2.24, 2.45) is 0 Å². The van der Waals surface area contributed by atoms with Crippen molar-refractivity contribution in [2.75, 3.05) is 25.1 Å². The molecule has 2 aliphatic rings. The molecule has 2 atom stereocenters. The van der Waals surface area contributed by atoms with Crippen LogP contribution in [0.3, 0.4) is 0 Å². The fraction of sp³-hybridized carbons (Fsp3) is 0.345. The zero-order valence-electron chi connectivity index (χ0n) is 22.8. The Kier molecular flexibility index (Phi) is 7.14. The zero-order valence-corrected chi connectivity index (χ0v) is 22.8. The van der Waals surface area contributed by atoms with Crippen LogP contribution < -0.4 is 15.4 Å². The highest BCUT2D eigenvalue weighted by Crippen LogP contribution is 2.36. The second-order valence-electron chi connectivity index (χ2n) is 10.3. The van der Waals surface area contributed by atoms with Crippen LogP contribution in [-0.2, 0) is 4.74 Å². The summed E-state index contributed by atoms with van der Waals surface area (Å²) in [5.41, 5.74) is 4.06. The normalized spacial score (nSPS) is 20.0. The van der Waals surface area contributed by atoms with E-state index in [4.69, 9.17) is 9.47 Å². The predicted octanol–water partition coefficient (Wildman–Crippen LogP) is 3.88. The molecule has 6 rings (SSSR count). The molecule has 6 heterocycles. The van der Waals surface area contributed by atoms with Crippen molar-refractivity contribution in [2.45, 2.75) is 44.9 Å². The molecule has 2 bridgehead atoms. The number of nitrogens with zero attached hydrogens (tertiary/aromatic N) is 5. The number of pyridine rings is 3. The maximum atomic E-state index is 12.0. The highest BCUT2D eigenvalue weighted by molar-refractivity contribution is 5.94. The molecule has 0 spiro atoms. The Morgan fingerprint density at radius 1 is 1.07 bits per heavy atom. The molecule has 2 aliphatic heterocycles. The lowest BCUT2D eigenvalue weighted by Gasteiger charge is -2.46. The van der Waals surface area contributed by atoms with Gasteiger partial charge in [0.15, 0.2) is 5.82 Å². The third-order valence-electron chi connectivity index (χ3n) is 7.39. The van der Waals surface area contributed by atoms with Crippen molar-refractivity contribution in [1.82, 2.24) is 29.8 Å². The van der Waals surface area contributed by atoms with Crippen LogP contribution in [0.2, 0.25) is 0 Å². The molecular weight excluding hydrogens is 526 g/mol. The van der Waals surface area contributed by atoms with Crippen molar-refractivity contribution in [3.05, 3.63) is 66.2 Å². The van der Waals surface area contributed by atoms with Gasteiger partial charge < -0.3 is 25.2 Å². The van der Waals surface area contributed by atoms with Gasteiger partial charge in [0.1, 0.15) is 17.7 Å². The summed E-state index contributed by atoms with van der Waals surface area (Å²) in [6, 6.07) is 10.9. The molecule has 2 fully saturated rings. The van der Waals surface area contributed by atoms with E-state index >= 15 is 0 Å². The van der Waals surface area contributed by atoms with Gasteiger partial charge >= 0.3 is 6.09 Å². The molecule has 0 radical (unpaired) electrons. The monoisotopic (exact) mass is 557 g/mol. The van der Waals surface area contributed by atoms with Crippen LogP contribution in [0.4, 0.5) is 16.4 Å². The summed E-state index contributed by atoms with van der Waals surface area (Å²) in [4.78, 5) is 34.1. The first kappa shape index (κ1) is 26.5. The maximum absolute atomic E-state index is 12.0. The first-order valence-corrected chi connectivity index (χ1v) is 13.6. The lowest BCUT2D eigenvalue weighted by atomic mass is 9.92. The van der Waals surface area contributed by atoms with Crippen LogP contribution in [0.5, 0.6) is 5.75 Å². The molecule has 2 unspecified atom stereocenters. The molecule has 12 heteroatoms. The number of piperidine rings is 1. The standard InChI is InChI=1S/C29H31N7O5/c1-3-30-28(37)19-4-5-26(32-13-19)33-27-12-20-9-18(6-7-35(20)34-27)24-8-17(2)31-14-25(24)41-23-10-21-15-40-16-22(11-23)36(21)29(38)39/h4-9,12-14,21-23H,3,10-11,15-16H2,1-2H3,(H,30,37)(H,38,39)(H,32,33,34). The molecule has 3 N–H and O–H groups in total. The van der Waals surface area contributed by atoms with Crippen LogP contribution in [-0.4, -0.2) is 79.5 Å². The first-order valence-electron chi connectivity index (χ1n) is 13.6. The number of amides is 2. The third-order valence-corrected chi connectivity index (χ3v) is 7.39. The van der Waals surface area contributed by atoms with Gasteiger partial charge in [-0.15, -0.1) is 0 Å². The number of hydrogen-bond donors (Lipinski definition) is 3. The number of aryl methyl sites for hydroxylation is 1. The molecule has 41 heavy (non-hydrogen) atoms. The molecule has 0 aliphatic carbocycles. The lowest BCUT2D eigenvalue weighted by molar-refractivity contribution is -0.0857. The smallest absolute Gasteiger partial charge is 0.407 e. The number of carboxylic acid groups (broad SMARTS) is 1. The summed E-state index contributed by atoms with van der Waals surface area (Å²) in [6.45, 7) is 5.11. The average Bonchev–Trinajstić information content (AvgIpc) is 3.35. The summed E-state index contributed by atoms with van der Waals surface area (Å²) in [7, 11) is 0. The van der Waals surface area contributed by atoms with Crippen molar-refractivity contribution in [1.29, 1.82) is 0 Å². The molecule has 2 amide bonds. The zero-order chi connectivity index (χ0) is 28.5. The molecule has 12 nitrogen and oxygen atoms in total. The number of fused-ring (bicyclic) bond motifs is 3. The van der Waals surface area contributed by atoms with Crippen LogP contribution >= 0.6 is 0 Å². The summed E-state index contributed by atoms with van der Waals surface area (Å²) in [6.07, 6.45) is 5.22. The van der Waals surface area contributed by atoms with Crippen molar-refractivity contribution in [3.63, 3.8) is 0 Å². The maximum Gasteiger partial charge on any atom is 0.407 e. The Morgan fingerprint density at radius 2 is 1.88 bits per heavy atom. The predicted molar refractivity (Wildman–Crippen MR) is 151 cm³/mol. The molecular formula is C29H31N7O5. The summed E-state index contributed by atoms with van der Waals surface area (Å²) < 4.78 is 13.9. The van der Waals surface area contributed by atoms with Crippen molar-refractivity contribution >= 4 is 29.2 Å². The van der Waals surface area contributed by atoms with Gasteiger partial charge in [-0.25, -0.2) is 14.3 Å². The topological polar surface area (TPSA) is 143 Å². The van der Waals surface area contributed by atoms with Crippen LogP contribution in [0.1, 0.15) is 35.8 Å². The second kappa shape index (κ2) is 11.0. The van der Waals surface area contributed by atoms with E-state index in [1.165, 1.54) is 11.1 Å². The van der Waals surface area contributed by atoms with Crippen LogP contribution in [0.25, 0.3) is 16.6 Å². The van der Waals surface area contributed by atoms with Gasteiger partial charge in [-0.1, -0.05) is 0 Å². The Bertz CT molecular complexity index is 1570. The lowest BCUT2D eigenvalue weighted by Crippen LogP contribution is -2.60. The van der Waals surface area contributed by atoms with E-state index < -0.39 is 6.09 Å². The number of hydrogen-bond acceptors (Lipinski definition) is 8. The number of rotatable bonds is 7. The second-order valence-corrected chi connectivity index (χ2v) is 10.3. The number of carbonyl (C=O) groups is 2. The van der Waals surface area contributed by atoms with Crippen LogP contribution in [0, 0.1) is 6.92 Å². The van der Waals surface area contributed by atoms with Gasteiger partial charge in [0, 0.05) is 49.1 Å². The molecule has 4 aromatic heterocycles. The summed E-state index contributed by atoms with van der Waals surface area (Å²) >= 11 is 0. The molecule has 212 valence electrons. The highest BCUT2D eigenvalue weighted by atomic mass is 16.5. The third kappa shape index (κ3) is 5.50. The van der Waals surface area contributed by atoms with Gasteiger partial charge in [-0.3, -0.25) is 14.7 Å². The van der Waals surface area contributed by atoms with Gasteiger partial charge in [0.2, 0.25) is 0 Å². The molecule has 0 saturated carbocycles. The van der Waals surface area contributed by atoms with E-state index in [1.54, 1.807) is 22.8 Å².